The fraction of sp³-hybridized carbons (Fsp3) is 0.650. The second kappa shape index (κ2) is 12.5. The van der Waals surface area contributed by atoms with E-state index in [1.165, 1.54) is 4.31 Å². The van der Waals surface area contributed by atoms with Crippen molar-refractivity contribution in [3.63, 3.8) is 0 Å². The Morgan fingerprint density at radius 1 is 1.37 bits per heavy atom. The SMILES string of the molecule is CC#CCOCC1CCN(S(=O)(=O)C[C@@H](CCCc2ncccn2)NC(=O)O)CC1. The average molecular weight is 439 g/mol. The van der Waals surface area contributed by atoms with Crippen LogP contribution in [0.25, 0.3) is 0 Å². The predicted octanol–water partition coefficient (Wildman–Crippen LogP) is 1.52. The van der Waals surface area contributed by atoms with E-state index in [0.29, 0.717) is 57.3 Å². The average Bonchev–Trinajstić information content (AvgIpc) is 2.71. The van der Waals surface area contributed by atoms with Gasteiger partial charge in [-0.15, -0.1) is 5.92 Å². The third kappa shape index (κ3) is 8.65. The van der Waals surface area contributed by atoms with Crippen molar-refractivity contribution < 1.29 is 23.1 Å². The van der Waals surface area contributed by atoms with Crippen LogP contribution in [0.4, 0.5) is 4.79 Å². The Bertz CT molecular complexity index is 815. The Kier molecular flexibility index (Phi) is 10.00. The molecule has 0 unspecified atom stereocenters. The Morgan fingerprint density at radius 3 is 2.70 bits per heavy atom. The molecule has 9 nitrogen and oxygen atoms in total. The Labute approximate surface area is 178 Å². The van der Waals surface area contributed by atoms with Crippen LogP contribution in [0, 0.1) is 17.8 Å². The van der Waals surface area contributed by atoms with Gasteiger partial charge in [0.2, 0.25) is 10.0 Å². The summed E-state index contributed by atoms with van der Waals surface area (Å²) in [5.74, 6) is 6.34. The van der Waals surface area contributed by atoms with Crippen LogP contribution < -0.4 is 5.32 Å². The molecule has 1 aromatic rings. The number of sulfonamides is 1. The van der Waals surface area contributed by atoms with Crippen LogP contribution in [0.3, 0.4) is 0 Å². The minimum Gasteiger partial charge on any atom is -0.465 e. The molecule has 1 aliphatic heterocycles. The molecule has 2 rings (SSSR count). The number of ether oxygens (including phenoxy) is 1. The van der Waals surface area contributed by atoms with Gasteiger partial charge in [-0.3, -0.25) is 0 Å². The summed E-state index contributed by atoms with van der Waals surface area (Å²) < 4.78 is 32.6. The number of carboxylic acid groups (broad SMARTS) is 1. The highest BCUT2D eigenvalue weighted by Crippen LogP contribution is 2.21. The summed E-state index contributed by atoms with van der Waals surface area (Å²) in [6, 6.07) is 1.05. The topological polar surface area (TPSA) is 122 Å². The summed E-state index contributed by atoms with van der Waals surface area (Å²) in [5.41, 5.74) is 0. The molecule has 1 amide bonds. The first-order chi connectivity index (χ1) is 14.4. The van der Waals surface area contributed by atoms with Crippen LogP contribution >= 0.6 is 0 Å². The molecule has 2 N–H and O–H groups in total. The molecule has 0 bridgehead atoms. The number of piperidine rings is 1. The number of carbonyl (C=O) groups is 1. The molecule has 0 aromatic carbocycles. The predicted molar refractivity (Wildman–Crippen MR) is 112 cm³/mol. The fourth-order valence-corrected chi connectivity index (χ4v) is 5.14. The van der Waals surface area contributed by atoms with E-state index in [1.807, 2.05) is 0 Å². The molecule has 0 aliphatic carbocycles. The van der Waals surface area contributed by atoms with E-state index in [0.717, 1.165) is 12.8 Å². The van der Waals surface area contributed by atoms with E-state index in [4.69, 9.17) is 9.84 Å². The monoisotopic (exact) mass is 438 g/mol. The van der Waals surface area contributed by atoms with Crippen molar-refractivity contribution in [3.8, 4) is 11.8 Å². The quantitative estimate of drug-likeness (QED) is 0.397. The molecule has 0 radical (unpaired) electrons. The van der Waals surface area contributed by atoms with Crippen molar-refractivity contribution in [2.24, 2.45) is 5.92 Å². The molecular formula is C20H30N4O5S. The maximum atomic E-state index is 12.8. The molecule has 10 heteroatoms. The lowest BCUT2D eigenvalue weighted by Crippen LogP contribution is -2.46. The van der Waals surface area contributed by atoms with Gasteiger partial charge in [-0.1, -0.05) is 5.92 Å². The van der Waals surface area contributed by atoms with E-state index in [1.54, 1.807) is 25.4 Å². The maximum Gasteiger partial charge on any atom is 0.404 e. The molecule has 1 aliphatic rings. The first-order valence-corrected chi connectivity index (χ1v) is 11.7. The summed E-state index contributed by atoms with van der Waals surface area (Å²) >= 11 is 0. The zero-order valence-electron chi connectivity index (χ0n) is 17.3. The highest BCUT2D eigenvalue weighted by Gasteiger charge is 2.30. The zero-order valence-corrected chi connectivity index (χ0v) is 18.1. The Morgan fingerprint density at radius 2 is 2.07 bits per heavy atom. The summed E-state index contributed by atoms with van der Waals surface area (Å²) in [7, 11) is -3.56. The van der Waals surface area contributed by atoms with Crippen LogP contribution in [0.5, 0.6) is 0 Å². The third-order valence-corrected chi connectivity index (χ3v) is 6.96. The van der Waals surface area contributed by atoms with Gasteiger partial charge in [-0.2, -0.15) is 0 Å². The fourth-order valence-electron chi connectivity index (χ4n) is 3.40. The first kappa shape index (κ1) is 24.1. The van der Waals surface area contributed by atoms with Gasteiger partial charge in [-0.25, -0.2) is 27.5 Å². The minimum absolute atomic E-state index is 0.248. The highest BCUT2D eigenvalue weighted by atomic mass is 32.2. The van der Waals surface area contributed by atoms with Gasteiger partial charge in [0.15, 0.2) is 0 Å². The molecule has 2 heterocycles. The maximum absolute atomic E-state index is 12.8. The van der Waals surface area contributed by atoms with Crippen molar-refractivity contribution in [2.75, 3.05) is 32.1 Å². The van der Waals surface area contributed by atoms with E-state index in [9.17, 15) is 13.2 Å². The number of hydrogen-bond acceptors (Lipinski definition) is 6. The Hall–Kier alpha value is -2.22. The van der Waals surface area contributed by atoms with Gasteiger partial charge in [-0.05, 0) is 44.6 Å². The van der Waals surface area contributed by atoms with Crippen LogP contribution in [-0.2, 0) is 21.2 Å². The van der Waals surface area contributed by atoms with Gasteiger partial charge in [0.05, 0.1) is 12.4 Å². The van der Waals surface area contributed by atoms with Crippen molar-refractivity contribution in [3.05, 3.63) is 24.3 Å². The van der Waals surface area contributed by atoms with Gasteiger partial charge in [0.25, 0.3) is 0 Å². The molecule has 1 aromatic heterocycles. The number of aryl methyl sites for hydroxylation is 1. The van der Waals surface area contributed by atoms with E-state index < -0.39 is 22.2 Å². The molecular weight excluding hydrogens is 408 g/mol. The number of nitrogens with zero attached hydrogens (tertiary/aromatic N) is 3. The summed E-state index contributed by atoms with van der Waals surface area (Å²) in [6.07, 6.45) is 5.06. The molecule has 1 saturated heterocycles. The molecule has 1 atom stereocenters. The number of rotatable bonds is 11. The van der Waals surface area contributed by atoms with E-state index >= 15 is 0 Å². The van der Waals surface area contributed by atoms with Gasteiger partial charge >= 0.3 is 6.09 Å². The Balaban J connectivity index is 1.83. The molecule has 1 fully saturated rings. The lowest BCUT2D eigenvalue weighted by molar-refractivity contribution is 0.101. The van der Waals surface area contributed by atoms with Crippen LogP contribution in [0.1, 0.15) is 38.4 Å². The molecule has 30 heavy (non-hydrogen) atoms. The van der Waals surface area contributed by atoms with Gasteiger partial charge in [0, 0.05) is 37.9 Å². The number of amides is 1. The normalized spacial score (nSPS) is 16.4. The van der Waals surface area contributed by atoms with Crippen LogP contribution in [0.2, 0.25) is 0 Å². The molecule has 0 saturated carbocycles. The molecule has 166 valence electrons. The first-order valence-electron chi connectivity index (χ1n) is 10.1. The lowest BCUT2D eigenvalue weighted by Gasteiger charge is -2.32. The number of hydrogen-bond donors (Lipinski definition) is 2. The van der Waals surface area contributed by atoms with Crippen molar-refractivity contribution in [1.29, 1.82) is 0 Å². The zero-order chi connectivity index (χ0) is 21.8. The second-order valence-electron chi connectivity index (χ2n) is 7.27. The largest absolute Gasteiger partial charge is 0.465 e. The highest BCUT2D eigenvalue weighted by molar-refractivity contribution is 7.89. The van der Waals surface area contributed by atoms with Crippen LogP contribution in [0.15, 0.2) is 18.5 Å². The number of nitrogens with one attached hydrogen (secondary N) is 1. The van der Waals surface area contributed by atoms with E-state index in [-0.39, 0.29) is 5.75 Å². The summed E-state index contributed by atoms with van der Waals surface area (Å²) in [6.45, 7) is 3.58. The third-order valence-electron chi connectivity index (χ3n) is 4.98. The smallest absolute Gasteiger partial charge is 0.404 e. The van der Waals surface area contributed by atoms with Gasteiger partial charge < -0.3 is 15.2 Å². The van der Waals surface area contributed by atoms with Crippen molar-refractivity contribution >= 4 is 16.1 Å². The lowest BCUT2D eigenvalue weighted by atomic mass is 9.99. The number of aromatic nitrogens is 2. The van der Waals surface area contributed by atoms with Gasteiger partial charge in [0.1, 0.15) is 12.4 Å². The summed E-state index contributed by atoms with van der Waals surface area (Å²) in [5, 5.41) is 11.4. The molecule has 0 spiro atoms. The second-order valence-corrected chi connectivity index (χ2v) is 9.28. The minimum atomic E-state index is -3.56. The van der Waals surface area contributed by atoms with E-state index in [2.05, 4.69) is 27.1 Å². The summed E-state index contributed by atoms with van der Waals surface area (Å²) in [4.78, 5) is 19.4. The van der Waals surface area contributed by atoms with Crippen LogP contribution in [-0.4, -0.2) is 72.0 Å². The standard InChI is InChI=1S/C20H30N4O5S/c1-2-3-14-29-15-17-8-12-24(13-9-17)30(27,28)16-18(23-20(25)26)6-4-7-19-21-10-5-11-22-19/h5,10-11,17-18,23H,4,6-9,12-16H2,1H3,(H,25,26)/t18-/m1/s1. The van der Waals surface area contributed by atoms with Crippen molar-refractivity contribution in [1.82, 2.24) is 19.6 Å². The van der Waals surface area contributed by atoms with Crippen molar-refractivity contribution in [2.45, 2.75) is 45.1 Å².